The molecule has 16 heavy (non-hydrogen) atoms. The first kappa shape index (κ1) is 13.1. The highest BCUT2D eigenvalue weighted by molar-refractivity contribution is 14.1. The Kier molecular flexibility index (Phi) is 5.40. The van der Waals surface area contributed by atoms with Crippen molar-refractivity contribution < 1.29 is 4.74 Å². The number of hydrogen-bond acceptors (Lipinski definition) is 1. The Balaban J connectivity index is 1.78. The fourth-order valence-electron chi connectivity index (χ4n) is 2.99. The molecule has 1 nitrogen and oxygen atoms in total. The highest BCUT2D eigenvalue weighted by Crippen LogP contribution is 2.31. The molecule has 0 heterocycles. The highest BCUT2D eigenvalue weighted by atomic mass is 127. The van der Waals surface area contributed by atoms with Crippen molar-refractivity contribution >= 4 is 22.6 Å². The minimum absolute atomic E-state index is 0.557. The Morgan fingerprint density at radius 2 is 1.56 bits per heavy atom. The van der Waals surface area contributed by atoms with Crippen LogP contribution in [0.15, 0.2) is 0 Å². The maximum Gasteiger partial charge on any atom is 0.0696 e. The molecular formula is C14H25IO. The molecule has 0 aromatic rings. The summed E-state index contributed by atoms with van der Waals surface area (Å²) in [6.45, 7) is 2.38. The lowest BCUT2D eigenvalue weighted by atomic mass is 9.89. The molecule has 2 saturated carbocycles. The van der Waals surface area contributed by atoms with E-state index in [4.69, 9.17) is 4.74 Å². The van der Waals surface area contributed by atoms with Crippen molar-refractivity contribution in [2.24, 2.45) is 5.92 Å². The quantitative estimate of drug-likeness (QED) is 0.403. The SMILES string of the molecule is CC1CCC(OC2CCCCCC2I)CC1. The molecule has 2 aliphatic rings. The Hall–Kier alpha value is 0.690. The van der Waals surface area contributed by atoms with Crippen LogP contribution >= 0.6 is 22.6 Å². The molecule has 94 valence electrons. The van der Waals surface area contributed by atoms with Crippen LogP contribution in [0.2, 0.25) is 0 Å². The third-order valence-corrected chi connectivity index (χ3v) is 5.63. The van der Waals surface area contributed by atoms with Gasteiger partial charge in [-0.2, -0.15) is 0 Å². The summed E-state index contributed by atoms with van der Waals surface area (Å²) < 4.78 is 7.13. The van der Waals surface area contributed by atoms with Crippen molar-refractivity contribution in [3.63, 3.8) is 0 Å². The Morgan fingerprint density at radius 3 is 2.31 bits per heavy atom. The fraction of sp³-hybridized carbons (Fsp3) is 1.00. The number of ether oxygens (including phenoxy) is 1. The summed E-state index contributed by atoms with van der Waals surface area (Å²) in [5.41, 5.74) is 0. The number of halogens is 1. The summed E-state index contributed by atoms with van der Waals surface area (Å²) in [6, 6.07) is 0. The van der Waals surface area contributed by atoms with Gasteiger partial charge >= 0.3 is 0 Å². The van der Waals surface area contributed by atoms with Gasteiger partial charge in [-0.15, -0.1) is 0 Å². The summed E-state index contributed by atoms with van der Waals surface area (Å²) >= 11 is 2.62. The van der Waals surface area contributed by atoms with Gasteiger partial charge < -0.3 is 4.74 Å². The summed E-state index contributed by atoms with van der Waals surface area (Å²) in [7, 11) is 0. The van der Waals surface area contributed by atoms with E-state index in [0.29, 0.717) is 12.2 Å². The third-order valence-electron chi connectivity index (χ3n) is 4.20. The highest BCUT2D eigenvalue weighted by Gasteiger charge is 2.27. The smallest absolute Gasteiger partial charge is 0.0696 e. The summed E-state index contributed by atoms with van der Waals surface area (Å²) in [5.74, 6) is 0.935. The van der Waals surface area contributed by atoms with E-state index in [1.165, 1.54) is 57.8 Å². The summed E-state index contributed by atoms with van der Waals surface area (Å²) in [4.78, 5) is 0. The minimum Gasteiger partial charge on any atom is -0.374 e. The van der Waals surface area contributed by atoms with Crippen molar-refractivity contribution in [3.05, 3.63) is 0 Å². The van der Waals surface area contributed by atoms with Gasteiger partial charge in [0.15, 0.2) is 0 Å². The Bertz CT molecular complexity index is 199. The van der Waals surface area contributed by atoms with E-state index in [9.17, 15) is 0 Å². The van der Waals surface area contributed by atoms with Gasteiger partial charge in [-0.3, -0.25) is 0 Å². The maximum atomic E-state index is 6.37. The van der Waals surface area contributed by atoms with Gasteiger partial charge in [-0.05, 0) is 44.4 Å². The van der Waals surface area contributed by atoms with Gasteiger partial charge in [-0.25, -0.2) is 0 Å². The van der Waals surface area contributed by atoms with Crippen molar-refractivity contribution in [1.82, 2.24) is 0 Å². The van der Waals surface area contributed by atoms with Crippen LogP contribution in [0.3, 0.4) is 0 Å². The van der Waals surface area contributed by atoms with Gasteiger partial charge in [0.05, 0.1) is 12.2 Å². The first-order chi connectivity index (χ1) is 7.75. The van der Waals surface area contributed by atoms with E-state index in [-0.39, 0.29) is 0 Å². The topological polar surface area (TPSA) is 9.23 Å². The molecule has 0 aromatic carbocycles. The van der Waals surface area contributed by atoms with Crippen LogP contribution in [-0.4, -0.2) is 16.1 Å². The van der Waals surface area contributed by atoms with E-state index in [2.05, 4.69) is 29.5 Å². The molecule has 2 aliphatic carbocycles. The second-order valence-electron chi connectivity index (χ2n) is 5.71. The molecule has 0 aromatic heterocycles. The molecule has 0 N–H and O–H groups in total. The van der Waals surface area contributed by atoms with Gasteiger partial charge in [-0.1, -0.05) is 48.8 Å². The zero-order valence-electron chi connectivity index (χ0n) is 10.5. The molecule has 0 saturated heterocycles. The van der Waals surface area contributed by atoms with Crippen LogP contribution in [0.25, 0.3) is 0 Å². The van der Waals surface area contributed by atoms with E-state index in [0.717, 1.165) is 9.84 Å². The molecule has 2 fully saturated rings. The molecule has 0 radical (unpaired) electrons. The van der Waals surface area contributed by atoms with E-state index >= 15 is 0 Å². The Labute approximate surface area is 114 Å². The van der Waals surface area contributed by atoms with Gasteiger partial charge in [0.25, 0.3) is 0 Å². The molecule has 0 aliphatic heterocycles. The second-order valence-corrected chi connectivity index (χ2v) is 7.31. The van der Waals surface area contributed by atoms with E-state index in [1.54, 1.807) is 0 Å². The largest absolute Gasteiger partial charge is 0.374 e. The maximum absolute atomic E-state index is 6.37. The first-order valence-corrected chi connectivity index (χ1v) is 8.30. The normalized spacial score (nSPS) is 41.6. The number of alkyl halides is 1. The minimum atomic E-state index is 0.557. The summed E-state index contributed by atoms with van der Waals surface area (Å²) in [5, 5.41) is 0. The lowest BCUT2D eigenvalue weighted by Crippen LogP contribution is -2.31. The van der Waals surface area contributed by atoms with Gasteiger partial charge in [0.2, 0.25) is 0 Å². The van der Waals surface area contributed by atoms with E-state index in [1.807, 2.05) is 0 Å². The van der Waals surface area contributed by atoms with Crippen LogP contribution in [0, 0.1) is 5.92 Å². The molecule has 0 spiro atoms. The predicted octanol–water partition coefficient (Wildman–Crippen LogP) is 4.72. The van der Waals surface area contributed by atoms with Crippen LogP contribution in [0.4, 0.5) is 0 Å². The van der Waals surface area contributed by atoms with Crippen LogP contribution < -0.4 is 0 Å². The van der Waals surface area contributed by atoms with Crippen molar-refractivity contribution in [2.45, 2.75) is 80.8 Å². The standard InChI is InChI=1S/C14H25IO/c1-11-7-9-12(10-8-11)16-14-6-4-2-3-5-13(14)15/h11-14H,2-10H2,1H3. The summed E-state index contributed by atoms with van der Waals surface area (Å²) in [6.07, 6.45) is 13.4. The molecule has 2 atom stereocenters. The predicted molar refractivity (Wildman–Crippen MR) is 77.2 cm³/mol. The number of hydrogen-bond donors (Lipinski definition) is 0. The number of rotatable bonds is 2. The lowest BCUT2D eigenvalue weighted by Gasteiger charge is -2.31. The molecule has 2 heteroatoms. The first-order valence-electron chi connectivity index (χ1n) is 7.05. The van der Waals surface area contributed by atoms with Crippen molar-refractivity contribution in [2.75, 3.05) is 0 Å². The average molecular weight is 336 g/mol. The zero-order valence-corrected chi connectivity index (χ0v) is 12.6. The third kappa shape index (κ3) is 3.86. The molecule has 0 amide bonds. The molecule has 2 rings (SSSR count). The van der Waals surface area contributed by atoms with Gasteiger partial charge in [0, 0.05) is 3.92 Å². The Morgan fingerprint density at radius 1 is 0.875 bits per heavy atom. The van der Waals surface area contributed by atoms with Crippen LogP contribution in [0.5, 0.6) is 0 Å². The monoisotopic (exact) mass is 336 g/mol. The zero-order chi connectivity index (χ0) is 11.4. The molecule has 0 bridgehead atoms. The van der Waals surface area contributed by atoms with Crippen molar-refractivity contribution in [3.8, 4) is 0 Å². The molecule has 2 unspecified atom stereocenters. The van der Waals surface area contributed by atoms with Crippen LogP contribution in [-0.2, 0) is 4.74 Å². The second kappa shape index (κ2) is 6.58. The molecular weight excluding hydrogens is 311 g/mol. The lowest BCUT2D eigenvalue weighted by molar-refractivity contribution is -0.0365. The fourth-order valence-corrected chi connectivity index (χ4v) is 3.96. The van der Waals surface area contributed by atoms with Crippen molar-refractivity contribution in [1.29, 1.82) is 0 Å². The van der Waals surface area contributed by atoms with Crippen LogP contribution in [0.1, 0.15) is 64.7 Å². The van der Waals surface area contributed by atoms with E-state index < -0.39 is 0 Å². The van der Waals surface area contributed by atoms with Gasteiger partial charge in [0.1, 0.15) is 0 Å². The average Bonchev–Trinajstić information content (AvgIpc) is 2.48.